The molecular weight excluding hydrogens is 212 g/mol. The Hall–Kier alpha value is -1.06. The Bertz CT molecular complexity index is 294. The quantitative estimate of drug-likeness (QED) is 0.679. The molecule has 1 aromatic rings. The van der Waals surface area contributed by atoms with Crippen molar-refractivity contribution in [3.63, 3.8) is 0 Å². The van der Waals surface area contributed by atoms with Crippen molar-refractivity contribution in [2.75, 3.05) is 26.2 Å². The summed E-state index contributed by atoms with van der Waals surface area (Å²) in [6.45, 7) is 9.75. The summed E-state index contributed by atoms with van der Waals surface area (Å²) in [5.74, 6) is 0.329. The van der Waals surface area contributed by atoms with E-state index in [1.807, 2.05) is 12.1 Å². The maximum absolute atomic E-state index is 9.16. The van der Waals surface area contributed by atoms with Crippen LogP contribution in [0, 0.1) is 0 Å². The van der Waals surface area contributed by atoms with Crippen molar-refractivity contribution in [1.29, 1.82) is 0 Å². The van der Waals surface area contributed by atoms with Gasteiger partial charge in [0.15, 0.2) is 0 Å². The Morgan fingerprint density at radius 3 is 2.35 bits per heavy atom. The van der Waals surface area contributed by atoms with Crippen LogP contribution in [0.3, 0.4) is 0 Å². The van der Waals surface area contributed by atoms with Crippen LogP contribution in [-0.4, -0.2) is 36.2 Å². The van der Waals surface area contributed by atoms with E-state index in [0.29, 0.717) is 5.75 Å². The number of phenols is 1. The summed E-state index contributed by atoms with van der Waals surface area (Å²) >= 11 is 0. The second-order valence-corrected chi connectivity index (χ2v) is 4.22. The van der Waals surface area contributed by atoms with Gasteiger partial charge in [0.2, 0.25) is 0 Å². The molecule has 17 heavy (non-hydrogen) atoms. The van der Waals surface area contributed by atoms with E-state index in [0.717, 1.165) is 32.7 Å². The molecule has 0 atom stereocenters. The molecule has 0 saturated carbocycles. The highest BCUT2D eigenvalue weighted by Gasteiger charge is 1.98. The highest BCUT2D eigenvalue weighted by molar-refractivity contribution is 5.25. The maximum atomic E-state index is 9.16. The van der Waals surface area contributed by atoms with Gasteiger partial charge in [0.25, 0.3) is 0 Å². The van der Waals surface area contributed by atoms with Gasteiger partial charge < -0.3 is 15.3 Å². The number of rotatable bonds is 8. The second-order valence-electron chi connectivity index (χ2n) is 4.22. The van der Waals surface area contributed by atoms with Crippen molar-refractivity contribution in [3.05, 3.63) is 29.8 Å². The van der Waals surface area contributed by atoms with Gasteiger partial charge in [0.05, 0.1) is 0 Å². The number of hydrogen-bond acceptors (Lipinski definition) is 3. The van der Waals surface area contributed by atoms with Crippen molar-refractivity contribution in [2.45, 2.75) is 26.8 Å². The van der Waals surface area contributed by atoms with E-state index >= 15 is 0 Å². The molecule has 0 aliphatic rings. The molecule has 0 heterocycles. The van der Waals surface area contributed by atoms with Gasteiger partial charge in [0.1, 0.15) is 5.75 Å². The van der Waals surface area contributed by atoms with Gasteiger partial charge in [-0.05, 0) is 50.3 Å². The number of aromatic hydroxyl groups is 1. The largest absolute Gasteiger partial charge is 0.508 e. The molecule has 2 N–H and O–H groups in total. The summed E-state index contributed by atoms with van der Waals surface area (Å²) in [5, 5.41) is 12.6. The van der Waals surface area contributed by atoms with Crippen LogP contribution in [0.25, 0.3) is 0 Å². The molecule has 0 amide bonds. The molecule has 96 valence electrons. The Balaban J connectivity index is 2.10. The third-order valence-electron chi connectivity index (χ3n) is 2.99. The molecule has 0 bridgehead atoms. The number of phenolic OH excluding ortho intramolecular Hbond substituents is 1. The lowest BCUT2D eigenvalue weighted by molar-refractivity contribution is 0.298. The zero-order valence-corrected chi connectivity index (χ0v) is 10.9. The number of benzene rings is 1. The highest BCUT2D eigenvalue weighted by Crippen LogP contribution is 2.08. The van der Waals surface area contributed by atoms with Gasteiger partial charge in [-0.15, -0.1) is 0 Å². The topological polar surface area (TPSA) is 35.5 Å². The van der Waals surface area contributed by atoms with E-state index < -0.39 is 0 Å². The molecule has 0 aliphatic heterocycles. The van der Waals surface area contributed by atoms with E-state index in [-0.39, 0.29) is 0 Å². The fourth-order valence-corrected chi connectivity index (χ4v) is 1.81. The van der Waals surface area contributed by atoms with E-state index in [1.165, 1.54) is 12.0 Å². The lowest BCUT2D eigenvalue weighted by Gasteiger charge is -2.17. The third-order valence-corrected chi connectivity index (χ3v) is 2.99. The molecule has 0 saturated heterocycles. The minimum Gasteiger partial charge on any atom is -0.508 e. The van der Waals surface area contributed by atoms with Crippen LogP contribution in [0.4, 0.5) is 0 Å². The zero-order valence-electron chi connectivity index (χ0n) is 10.9. The first-order chi connectivity index (χ1) is 8.26. The van der Waals surface area contributed by atoms with E-state index in [1.54, 1.807) is 12.1 Å². The van der Waals surface area contributed by atoms with Crippen LogP contribution in [0.5, 0.6) is 5.75 Å². The van der Waals surface area contributed by atoms with Gasteiger partial charge >= 0.3 is 0 Å². The van der Waals surface area contributed by atoms with Gasteiger partial charge in [-0.1, -0.05) is 26.0 Å². The van der Waals surface area contributed by atoms with Crippen LogP contribution in [-0.2, 0) is 6.54 Å². The van der Waals surface area contributed by atoms with Crippen molar-refractivity contribution in [2.24, 2.45) is 0 Å². The number of nitrogens with zero attached hydrogens (tertiary/aromatic N) is 1. The van der Waals surface area contributed by atoms with Crippen LogP contribution < -0.4 is 5.32 Å². The Morgan fingerprint density at radius 1 is 1.12 bits per heavy atom. The van der Waals surface area contributed by atoms with Crippen molar-refractivity contribution >= 4 is 0 Å². The molecule has 1 rings (SSSR count). The van der Waals surface area contributed by atoms with Gasteiger partial charge in [-0.25, -0.2) is 0 Å². The average Bonchev–Trinajstić information content (AvgIpc) is 2.36. The molecule has 0 fully saturated rings. The highest BCUT2D eigenvalue weighted by atomic mass is 16.3. The van der Waals surface area contributed by atoms with Gasteiger partial charge in [-0.2, -0.15) is 0 Å². The fourth-order valence-electron chi connectivity index (χ4n) is 1.81. The lowest BCUT2D eigenvalue weighted by Crippen LogP contribution is -2.27. The maximum Gasteiger partial charge on any atom is 0.115 e. The van der Waals surface area contributed by atoms with Crippen LogP contribution >= 0.6 is 0 Å². The first kappa shape index (κ1) is 14.0. The number of hydrogen-bond donors (Lipinski definition) is 2. The van der Waals surface area contributed by atoms with Crippen molar-refractivity contribution < 1.29 is 5.11 Å². The molecule has 0 unspecified atom stereocenters. The van der Waals surface area contributed by atoms with Crippen molar-refractivity contribution in [3.8, 4) is 5.75 Å². The standard InChI is InChI=1S/C14H24N2O/c1-3-16(4-2)11-5-10-15-12-13-6-8-14(17)9-7-13/h6-9,15,17H,3-5,10-12H2,1-2H3. The van der Waals surface area contributed by atoms with E-state index in [9.17, 15) is 0 Å². The van der Waals surface area contributed by atoms with Crippen LogP contribution in [0.2, 0.25) is 0 Å². The third kappa shape index (κ3) is 5.71. The molecule has 3 nitrogen and oxygen atoms in total. The number of nitrogens with one attached hydrogen (secondary N) is 1. The first-order valence-corrected chi connectivity index (χ1v) is 6.47. The molecule has 0 spiro atoms. The summed E-state index contributed by atoms with van der Waals surface area (Å²) in [5.41, 5.74) is 1.21. The molecule has 3 heteroatoms. The lowest BCUT2D eigenvalue weighted by atomic mass is 10.2. The summed E-state index contributed by atoms with van der Waals surface area (Å²) in [7, 11) is 0. The van der Waals surface area contributed by atoms with Crippen LogP contribution in [0.15, 0.2) is 24.3 Å². The Morgan fingerprint density at radius 2 is 1.76 bits per heavy atom. The summed E-state index contributed by atoms with van der Waals surface area (Å²) < 4.78 is 0. The minimum atomic E-state index is 0.329. The Kier molecular flexibility index (Phi) is 6.67. The summed E-state index contributed by atoms with van der Waals surface area (Å²) in [6, 6.07) is 7.36. The molecular formula is C14H24N2O. The molecule has 0 radical (unpaired) electrons. The van der Waals surface area contributed by atoms with Crippen molar-refractivity contribution in [1.82, 2.24) is 10.2 Å². The van der Waals surface area contributed by atoms with Gasteiger partial charge in [0, 0.05) is 6.54 Å². The molecule has 1 aromatic carbocycles. The van der Waals surface area contributed by atoms with Gasteiger partial charge in [-0.3, -0.25) is 0 Å². The predicted octanol–water partition coefficient (Wildman–Crippen LogP) is 2.21. The van der Waals surface area contributed by atoms with E-state index in [4.69, 9.17) is 5.11 Å². The zero-order chi connectivity index (χ0) is 12.5. The minimum absolute atomic E-state index is 0.329. The predicted molar refractivity (Wildman–Crippen MR) is 72.2 cm³/mol. The molecule has 0 aliphatic carbocycles. The average molecular weight is 236 g/mol. The first-order valence-electron chi connectivity index (χ1n) is 6.47. The normalized spacial score (nSPS) is 11.0. The molecule has 0 aromatic heterocycles. The Labute approximate surface area is 104 Å². The van der Waals surface area contributed by atoms with Crippen LogP contribution in [0.1, 0.15) is 25.8 Å². The SMILES string of the molecule is CCN(CC)CCCNCc1ccc(O)cc1. The monoisotopic (exact) mass is 236 g/mol. The smallest absolute Gasteiger partial charge is 0.115 e. The second kappa shape index (κ2) is 8.09. The fraction of sp³-hybridized carbons (Fsp3) is 0.571. The van der Waals surface area contributed by atoms with E-state index in [2.05, 4.69) is 24.1 Å². The summed E-state index contributed by atoms with van der Waals surface area (Å²) in [6.07, 6.45) is 1.18. The summed E-state index contributed by atoms with van der Waals surface area (Å²) in [4.78, 5) is 2.43.